The van der Waals surface area contributed by atoms with Gasteiger partial charge in [0.1, 0.15) is 18.1 Å². The molecule has 6 nitrogen and oxygen atoms in total. The first kappa shape index (κ1) is 21.0. The Bertz CT molecular complexity index is 716. The first-order valence-corrected chi connectivity index (χ1v) is 11.7. The van der Waals surface area contributed by atoms with E-state index in [1.807, 2.05) is 6.92 Å². The number of hydrogen-bond acceptors (Lipinski definition) is 6. The van der Waals surface area contributed by atoms with Gasteiger partial charge in [0.2, 0.25) is 5.79 Å². The van der Waals surface area contributed by atoms with Crippen LogP contribution < -0.4 is 0 Å². The largest absolute Gasteiger partial charge is 0.457 e. The molecular weight excluding hydrogens is 384 g/mol. The van der Waals surface area contributed by atoms with Crippen LogP contribution in [0.2, 0.25) is 0 Å². The number of fused-ring (bicyclic) bond motifs is 5. The van der Waals surface area contributed by atoms with Crippen LogP contribution in [0.15, 0.2) is 12.5 Å². The topological polar surface area (TPSA) is 88.4 Å². The van der Waals surface area contributed by atoms with Gasteiger partial charge in [-0.25, -0.2) is 0 Å². The Morgan fingerprint density at radius 3 is 2.33 bits per heavy atom. The zero-order valence-corrected chi connectivity index (χ0v) is 18.7. The van der Waals surface area contributed by atoms with E-state index in [1.54, 1.807) is 19.6 Å². The highest BCUT2D eigenvalue weighted by molar-refractivity contribution is 5.20. The molecule has 5 rings (SSSR count). The molecule has 4 aliphatic carbocycles. The Hall–Kier alpha value is -0.820. The lowest BCUT2D eigenvalue weighted by Gasteiger charge is -2.67. The van der Waals surface area contributed by atoms with Crippen LogP contribution in [0.4, 0.5) is 0 Å². The van der Waals surface area contributed by atoms with E-state index < -0.39 is 29.7 Å². The second-order valence-corrected chi connectivity index (χ2v) is 11.4. The molecule has 0 spiro atoms. The van der Waals surface area contributed by atoms with Crippen molar-refractivity contribution in [3.8, 4) is 0 Å². The van der Waals surface area contributed by atoms with E-state index in [2.05, 4.69) is 13.8 Å². The third-order valence-corrected chi connectivity index (χ3v) is 10.4. The molecule has 0 radical (unpaired) electrons. The van der Waals surface area contributed by atoms with Gasteiger partial charge in [-0.15, -0.1) is 0 Å². The van der Waals surface area contributed by atoms with Gasteiger partial charge in [0.05, 0.1) is 18.3 Å². The molecule has 0 saturated heterocycles. The van der Waals surface area contributed by atoms with Crippen LogP contribution in [0.3, 0.4) is 0 Å². The van der Waals surface area contributed by atoms with Gasteiger partial charge < -0.3 is 29.5 Å². The standard InChI is InChI=1S/C24H38O6/c1-21-13-17(26)20-15(16(21)5-6-18(21)23(3)29-9-10-30-23)11-19(27)24(28-4)12-14(25)7-8-22(20,24)2/h9-10,14-20,25-27H,5-8,11-13H2,1-4H3/t14-,15?,16?,17-,18-,19?,20?,21-,22+,24?/m0/s1. The van der Waals surface area contributed by atoms with E-state index in [4.69, 9.17) is 14.2 Å². The summed E-state index contributed by atoms with van der Waals surface area (Å²) in [5.74, 6) is 0.182. The highest BCUT2D eigenvalue weighted by Gasteiger charge is 2.71. The Kier molecular flexibility index (Phi) is 4.63. The summed E-state index contributed by atoms with van der Waals surface area (Å²) >= 11 is 0. The summed E-state index contributed by atoms with van der Waals surface area (Å²) < 4.78 is 17.9. The van der Waals surface area contributed by atoms with Crippen LogP contribution in [0.25, 0.3) is 0 Å². The first-order valence-electron chi connectivity index (χ1n) is 11.7. The molecule has 4 saturated carbocycles. The van der Waals surface area contributed by atoms with Crippen molar-refractivity contribution in [1.29, 1.82) is 0 Å². The minimum absolute atomic E-state index is 0.0570. The Labute approximate surface area is 179 Å². The molecule has 4 fully saturated rings. The van der Waals surface area contributed by atoms with Gasteiger partial charge in [0.25, 0.3) is 0 Å². The fourth-order valence-electron chi connectivity index (χ4n) is 9.19. The van der Waals surface area contributed by atoms with Crippen LogP contribution in [0.5, 0.6) is 0 Å². The van der Waals surface area contributed by atoms with Crippen molar-refractivity contribution in [2.45, 2.75) is 95.4 Å². The van der Waals surface area contributed by atoms with Gasteiger partial charge >= 0.3 is 0 Å². The van der Waals surface area contributed by atoms with Crippen molar-refractivity contribution < 1.29 is 29.5 Å². The lowest BCUT2D eigenvalue weighted by atomic mass is 9.41. The third kappa shape index (κ3) is 2.45. The van der Waals surface area contributed by atoms with E-state index >= 15 is 0 Å². The maximum absolute atomic E-state index is 11.6. The van der Waals surface area contributed by atoms with Crippen LogP contribution in [0.1, 0.15) is 65.7 Å². The molecule has 0 aromatic carbocycles. The maximum Gasteiger partial charge on any atom is 0.250 e. The van der Waals surface area contributed by atoms with Gasteiger partial charge in [-0.2, -0.15) is 0 Å². The molecule has 3 N–H and O–H groups in total. The summed E-state index contributed by atoms with van der Waals surface area (Å²) in [4.78, 5) is 0. The van der Waals surface area contributed by atoms with Gasteiger partial charge in [0, 0.05) is 31.8 Å². The molecule has 10 atom stereocenters. The van der Waals surface area contributed by atoms with E-state index in [1.165, 1.54) is 0 Å². The van der Waals surface area contributed by atoms with Crippen LogP contribution in [-0.4, -0.2) is 52.1 Å². The molecule has 5 aliphatic rings. The number of rotatable bonds is 2. The van der Waals surface area contributed by atoms with Gasteiger partial charge in [-0.3, -0.25) is 0 Å². The second kappa shape index (κ2) is 6.60. The zero-order valence-electron chi connectivity index (χ0n) is 18.7. The summed E-state index contributed by atoms with van der Waals surface area (Å²) in [6, 6.07) is 0. The number of aliphatic hydroxyl groups is 3. The van der Waals surface area contributed by atoms with Crippen molar-refractivity contribution in [3.63, 3.8) is 0 Å². The van der Waals surface area contributed by atoms with Crippen molar-refractivity contribution in [2.75, 3.05) is 7.11 Å². The SMILES string of the molecule is COC12C[C@@H](O)CC[C@]1(C)C1C(CC2O)C2CC[C@H](C3(C)OC=CO3)[C@@]2(C)C[C@@H]1O. The summed E-state index contributed by atoms with van der Waals surface area (Å²) in [5.41, 5.74) is -1.28. The molecule has 1 heterocycles. The predicted molar refractivity (Wildman–Crippen MR) is 110 cm³/mol. The monoisotopic (exact) mass is 422 g/mol. The van der Waals surface area contributed by atoms with Crippen molar-refractivity contribution in [1.82, 2.24) is 0 Å². The third-order valence-electron chi connectivity index (χ3n) is 10.4. The number of methoxy groups -OCH3 is 1. The van der Waals surface area contributed by atoms with E-state index in [0.717, 1.165) is 19.3 Å². The Morgan fingerprint density at radius 1 is 0.967 bits per heavy atom. The van der Waals surface area contributed by atoms with E-state index in [9.17, 15) is 15.3 Å². The number of ether oxygens (including phenoxy) is 3. The predicted octanol–water partition coefficient (Wildman–Crippen LogP) is 2.95. The molecule has 1 aliphatic heterocycles. The van der Waals surface area contributed by atoms with E-state index in [-0.39, 0.29) is 28.6 Å². The number of aliphatic hydroxyl groups excluding tert-OH is 3. The average molecular weight is 423 g/mol. The van der Waals surface area contributed by atoms with Crippen LogP contribution in [0, 0.1) is 34.5 Å². The van der Waals surface area contributed by atoms with Crippen LogP contribution >= 0.6 is 0 Å². The maximum atomic E-state index is 11.6. The average Bonchev–Trinajstić information content (AvgIpc) is 3.26. The van der Waals surface area contributed by atoms with Crippen molar-refractivity contribution in [3.05, 3.63) is 12.5 Å². The molecule has 0 bridgehead atoms. The fraction of sp³-hybridized carbons (Fsp3) is 0.917. The fourth-order valence-corrected chi connectivity index (χ4v) is 9.19. The normalized spacial score (nSPS) is 56.4. The summed E-state index contributed by atoms with van der Waals surface area (Å²) in [6.45, 7) is 6.50. The summed E-state index contributed by atoms with van der Waals surface area (Å²) in [6.07, 6.45) is 6.95. The summed E-state index contributed by atoms with van der Waals surface area (Å²) in [5, 5.41) is 33.5. The van der Waals surface area contributed by atoms with Gasteiger partial charge in [-0.05, 0) is 61.7 Å². The lowest BCUT2D eigenvalue weighted by Crippen LogP contribution is -2.71. The smallest absolute Gasteiger partial charge is 0.250 e. The Balaban J connectivity index is 1.53. The van der Waals surface area contributed by atoms with Crippen molar-refractivity contribution in [2.24, 2.45) is 34.5 Å². The van der Waals surface area contributed by atoms with Gasteiger partial charge in [0.15, 0.2) is 0 Å². The molecule has 170 valence electrons. The highest BCUT2D eigenvalue weighted by Crippen LogP contribution is 2.70. The second-order valence-electron chi connectivity index (χ2n) is 11.4. The first-order chi connectivity index (χ1) is 14.1. The molecule has 0 aromatic rings. The molecule has 0 amide bonds. The molecule has 30 heavy (non-hydrogen) atoms. The molecule has 6 heteroatoms. The molecular formula is C24H38O6. The minimum atomic E-state index is -0.799. The summed E-state index contributed by atoms with van der Waals surface area (Å²) in [7, 11) is 1.66. The lowest BCUT2D eigenvalue weighted by molar-refractivity contribution is -0.296. The van der Waals surface area contributed by atoms with Crippen molar-refractivity contribution >= 4 is 0 Å². The number of hydrogen-bond donors (Lipinski definition) is 3. The Morgan fingerprint density at radius 2 is 1.67 bits per heavy atom. The highest BCUT2D eigenvalue weighted by atomic mass is 16.7. The van der Waals surface area contributed by atoms with Crippen LogP contribution in [-0.2, 0) is 14.2 Å². The molecule has 0 aromatic heterocycles. The van der Waals surface area contributed by atoms with E-state index in [0.29, 0.717) is 31.6 Å². The molecule has 5 unspecified atom stereocenters. The minimum Gasteiger partial charge on any atom is -0.457 e. The zero-order chi connectivity index (χ0) is 21.5. The quantitative estimate of drug-likeness (QED) is 0.634. The van der Waals surface area contributed by atoms with Gasteiger partial charge in [-0.1, -0.05) is 13.8 Å².